The van der Waals surface area contributed by atoms with Crippen molar-refractivity contribution in [2.45, 2.75) is 86.0 Å². The van der Waals surface area contributed by atoms with Crippen LogP contribution >= 0.6 is 0 Å². The SMILES string of the molecule is Cc1ccccc1NC(=O)C(c1cccc(C)c1C)N(C(=O)C(C)NC(=O)OC(C)(C)C)C(C)C. The standard InChI is InChI=1S/C28H39N3O4/c1-17(2)31(26(33)21(6)29-27(34)35-28(7,8)9)24(22-15-12-14-18(3)20(22)5)25(32)30-23-16-11-10-13-19(23)4/h10-17,21,24H,1-9H3,(H,29,34)(H,30,32). The van der Waals surface area contributed by atoms with Gasteiger partial charge in [-0.2, -0.15) is 0 Å². The molecule has 7 nitrogen and oxygen atoms in total. The van der Waals surface area contributed by atoms with Crippen LogP contribution in [0.3, 0.4) is 0 Å². The molecule has 2 aromatic carbocycles. The van der Waals surface area contributed by atoms with Crippen molar-refractivity contribution in [2.75, 3.05) is 5.32 Å². The van der Waals surface area contributed by atoms with Gasteiger partial charge in [0.2, 0.25) is 5.91 Å². The van der Waals surface area contributed by atoms with Crippen LogP contribution in [-0.2, 0) is 14.3 Å². The van der Waals surface area contributed by atoms with Crippen molar-refractivity contribution in [1.29, 1.82) is 0 Å². The van der Waals surface area contributed by atoms with Gasteiger partial charge in [0.05, 0.1) is 0 Å². The summed E-state index contributed by atoms with van der Waals surface area (Å²) in [5, 5.41) is 5.63. The van der Waals surface area contributed by atoms with E-state index < -0.39 is 23.8 Å². The molecule has 0 aliphatic rings. The van der Waals surface area contributed by atoms with Gasteiger partial charge in [-0.1, -0.05) is 36.4 Å². The number of amides is 3. The molecule has 0 heterocycles. The van der Waals surface area contributed by atoms with Crippen molar-refractivity contribution >= 4 is 23.6 Å². The number of anilines is 1. The minimum absolute atomic E-state index is 0.320. The molecule has 0 spiro atoms. The summed E-state index contributed by atoms with van der Waals surface area (Å²) in [5.74, 6) is -0.698. The largest absolute Gasteiger partial charge is 0.444 e. The number of alkyl carbamates (subject to hydrolysis) is 1. The van der Waals surface area contributed by atoms with Crippen LogP contribution < -0.4 is 10.6 Å². The number of carbonyl (C=O) groups is 3. The lowest BCUT2D eigenvalue weighted by Crippen LogP contribution is -2.53. The average molecular weight is 482 g/mol. The van der Waals surface area contributed by atoms with Crippen LogP contribution in [0.4, 0.5) is 10.5 Å². The fourth-order valence-corrected chi connectivity index (χ4v) is 3.85. The third kappa shape index (κ3) is 7.31. The van der Waals surface area contributed by atoms with Gasteiger partial charge in [0, 0.05) is 11.7 Å². The average Bonchev–Trinajstić information content (AvgIpc) is 2.73. The minimum atomic E-state index is -0.898. The Morgan fingerprint density at radius 3 is 2.06 bits per heavy atom. The first kappa shape index (κ1) is 27.9. The zero-order valence-electron chi connectivity index (χ0n) is 22.4. The predicted octanol–water partition coefficient (Wildman–Crippen LogP) is 5.44. The highest BCUT2D eigenvalue weighted by Crippen LogP contribution is 2.30. The maximum Gasteiger partial charge on any atom is 0.408 e. The van der Waals surface area contributed by atoms with Crippen molar-refractivity contribution < 1.29 is 19.1 Å². The van der Waals surface area contributed by atoms with Gasteiger partial charge in [-0.15, -0.1) is 0 Å². The molecule has 2 aromatic rings. The molecular formula is C28H39N3O4. The number of hydrogen-bond donors (Lipinski definition) is 2. The Bertz CT molecular complexity index is 1070. The quantitative estimate of drug-likeness (QED) is 0.551. The van der Waals surface area contributed by atoms with E-state index in [-0.39, 0.29) is 17.9 Å². The number of ether oxygens (including phenoxy) is 1. The normalized spacial score (nSPS) is 13.1. The number of carbonyl (C=O) groups excluding carboxylic acids is 3. The monoisotopic (exact) mass is 481 g/mol. The van der Waals surface area contributed by atoms with E-state index >= 15 is 0 Å². The smallest absolute Gasteiger partial charge is 0.408 e. The molecule has 3 amide bonds. The molecule has 2 unspecified atom stereocenters. The van der Waals surface area contributed by atoms with E-state index in [1.165, 1.54) is 4.90 Å². The van der Waals surface area contributed by atoms with E-state index in [1.54, 1.807) is 27.7 Å². The van der Waals surface area contributed by atoms with Gasteiger partial charge in [0.15, 0.2) is 0 Å². The fraction of sp³-hybridized carbons (Fsp3) is 0.464. The minimum Gasteiger partial charge on any atom is -0.444 e. The van der Waals surface area contributed by atoms with Gasteiger partial charge >= 0.3 is 6.09 Å². The van der Waals surface area contributed by atoms with Crippen molar-refractivity contribution in [3.63, 3.8) is 0 Å². The second-order valence-electron chi connectivity index (χ2n) is 10.2. The lowest BCUT2D eigenvalue weighted by molar-refractivity contribution is -0.142. The second-order valence-corrected chi connectivity index (χ2v) is 10.2. The number of hydrogen-bond acceptors (Lipinski definition) is 4. The molecule has 0 aromatic heterocycles. The summed E-state index contributed by atoms with van der Waals surface area (Å²) in [6, 6.07) is 11.1. The highest BCUT2D eigenvalue weighted by Gasteiger charge is 2.37. The van der Waals surface area contributed by atoms with Crippen molar-refractivity contribution in [3.8, 4) is 0 Å². The number of nitrogens with zero attached hydrogens (tertiary/aromatic N) is 1. The molecule has 0 radical (unpaired) electrons. The van der Waals surface area contributed by atoms with Gasteiger partial charge in [-0.05, 0) is 90.6 Å². The Labute approximate surface area is 209 Å². The van der Waals surface area contributed by atoms with Crippen LogP contribution in [0.15, 0.2) is 42.5 Å². The van der Waals surface area contributed by atoms with Crippen LogP contribution in [-0.4, -0.2) is 40.5 Å². The van der Waals surface area contributed by atoms with Crippen molar-refractivity contribution in [2.24, 2.45) is 0 Å². The Balaban J connectivity index is 2.49. The van der Waals surface area contributed by atoms with Crippen LogP contribution in [0.1, 0.15) is 69.8 Å². The highest BCUT2D eigenvalue weighted by molar-refractivity contribution is 5.99. The molecule has 0 bridgehead atoms. The molecule has 190 valence electrons. The maximum absolute atomic E-state index is 13.8. The molecule has 2 rings (SSSR count). The third-order valence-corrected chi connectivity index (χ3v) is 5.79. The maximum atomic E-state index is 13.8. The molecule has 0 aliphatic heterocycles. The summed E-state index contributed by atoms with van der Waals surface area (Å²) >= 11 is 0. The number of para-hydroxylation sites is 1. The van der Waals surface area contributed by atoms with E-state index in [0.717, 1.165) is 22.3 Å². The fourth-order valence-electron chi connectivity index (χ4n) is 3.85. The Kier molecular flexibility index (Phi) is 9.07. The second kappa shape index (κ2) is 11.4. The first-order chi connectivity index (χ1) is 16.2. The lowest BCUT2D eigenvalue weighted by atomic mass is 9.94. The third-order valence-electron chi connectivity index (χ3n) is 5.79. The number of nitrogens with one attached hydrogen (secondary N) is 2. The van der Waals surface area contributed by atoms with E-state index in [9.17, 15) is 14.4 Å². The number of rotatable bonds is 7. The molecular weight excluding hydrogens is 442 g/mol. The first-order valence-electron chi connectivity index (χ1n) is 12.0. The van der Waals surface area contributed by atoms with Crippen molar-refractivity contribution in [3.05, 3.63) is 64.7 Å². The lowest BCUT2D eigenvalue weighted by Gasteiger charge is -2.37. The molecule has 0 fully saturated rings. The molecule has 2 atom stereocenters. The molecule has 2 N–H and O–H groups in total. The molecule has 0 saturated carbocycles. The van der Waals surface area contributed by atoms with Gasteiger partial charge in [-0.25, -0.2) is 4.79 Å². The van der Waals surface area contributed by atoms with E-state index in [4.69, 9.17) is 4.74 Å². The summed E-state index contributed by atoms with van der Waals surface area (Å²) in [6.45, 7) is 16.4. The highest BCUT2D eigenvalue weighted by atomic mass is 16.6. The summed E-state index contributed by atoms with van der Waals surface area (Å²) in [4.78, 5) is 41.4. The number of benzene rings is 2. The van der Waals surface area contributed by atoms with E-state index in [1.807, 2.05) is 77.1 Å². The summed E-state index contributed by atoms with van der Waals surface area (Å²) in [5.41, 5.74) is 3.60. The predicted molar refractivity (Wildman–Crippen MR) is 139 cm³/mol. The molecule has 7 heteroatoms. The molecule has 35 heavy (non-hydrogen) atoms. The molecule has 0 saturated heterocycles. The van der Waals surface area contributed by atoms with Gasteiger partial charge in [0.25, 0.3) is 5.91 Å². The Morgan fingerprint density at radius 1 is 0.886 bits per heavy atom. The van der Waals surface area contributed by atoms with Gasteiger partial charge < -0.3 is 20.3 Å². The van der Waals surface area contributed by atoms with Crippen LogP contribution in [0.25, 0.3) is 0 Å². The summed E-state index contributed by atoms with van der Waals surface area (Å²) < 4.78 is 5.32. The molecule has 0 aliphatic carbocycles. The summed E-state index contributed by atoms with van der Waals surface area (Å²) in [6.07, 6.45) is -0.685. The Hall–Kier alpha value is -3.35. The van der Waals surface area contributed by atoms with E-state index in [2.05, 4.69) is 10.6 Å². The van der Waals surface area contributed by atoms with Crippen LogP contribution in [0.2, 0.25) is 0 Å². The van der Waals surface area contributed by atoms with E-state index in [0.29, 0.717) is 5.69 Å². The number of aryl methyl sites for hydroxylation is 2. The zero-order chi connectivity index (χ0) is 26.5. The van der Waals surface area contributed by atoms with Crippen LogP contribution in [0.5, 0.6) is 0 Å². The Morgan fingerprint density at radius 2 is 1.49 bits per heavy atom. The van der Waals surface area contributed by atoms with Crippen molar-refractivity contribution in [1.82, 2.24) is 10.2 Å². The topological polar surface area (TPSA) is 87.7 Å². The summed E-state index contributed by atoms with van der Waals surface area (Å²) in [7, 11) is 0. The first-order valence-corrected chi connectivity index (χ1v) is 12.0. The zero-order valence-corrected chi connectivity index (χ0v) is 22.4. The van der Waals surface area contributed by atoms with Crippen LogP contribution in [0, 0.1) is 20.8 Å². The van der Waals surface area contributed by atoms with Gasteiger partial charge in [0.1, 0.15) is 17.7 Å². The van der Waals surface area contributed by atoms with Gasteiger partial charge in [-0.3, -0.25) is 9.59 Å².